The number of esters is 1. The van der Waals surface area contributed by atoms with E-state index < -0.39 is 37.8 Å². The lowest BCUT2D eigenvalue weighted by Crippen LogP contribution is -2.45. The van der Waals surface area contributed by atoms with Gasteiger partial charge in [0.2, 0.25) is 10.0 Å². The first-order valence-electron chi connectivity index (χ1n) is 5.85. The molecule has 0 aliphatic rings. The topological polar surface area (TPSA) is 72.5 Å². The summed E-state index contributed by atoms with van der Waals surface area (Å²) in [6.45, 7) is 3.27. The minimum atomic E-state index is -4.21. The number of halogens is 3. The van der Waals surface area contributed by atoms with Crippen LogP contribution in [-0.2, 0) is 19.6 Å². The van der Waals surface area contributed by atoms with Crippen molar-refractivity contribution in [3.8, 4) is 0 Å². The van der Waals surface area contributed by atoms with Crippen molar-refractivity contribution in [2.24, 2.45) is 5.92 Å². The zero-order chi connectivity index (χ0) is 16.4. The third-order valence-electron chi connectivity index (χ3n) is 2.69. The summed E-state index contributed by atoms with van der Waals surface area (Å²) < 4.78 is 44.8. The van der Waals surface area contributed by atoms with Crippen molar-refractivity contribution in [2.45, 2.75) is 24.8 Å². The predicted molar refractivity (Wildman–Crippen MR) is 77.4 cm³/mol. The van der Waals surface area contributed by atoms with Crippen LogP contribution in [0.5, 0.6) is 0 Å². The lowest BCUT2D eigenvalue weighted by molar-refractivity contribution is -0.143. The van der Waals surface area contributed by atoms with E-state index in [1.807, 2.05) is 0 Å². The molecule has 0 fully saturated rings. The Kier molecular flexibility index (Phi) is 5.98. The first kappa shape index (κ1) is 18.2. The largest absolute Gasteiger partial charge is 0.468 e. The van der Waals surface area contributed by atoms with Crippen molar-refractivity contribution >= 4 is 39.2 Å². The fourth-order valence-electron chi connectivity index (χ4n) is 1.53. The summed E-state index contributed by atoms with van der Waals surface area (Å²) in [5.74, 6) is -2.16. The van der Waals surface area contributed by atoms with Gasteiger partial charge in [0.25, 0.3) is 0 Å². The molecule has 1 rings (SSSR count). The van der Waals surface area contributed by atoms with E-state index in [2.05, 4.69) is 9.46 Å². The number of methoxy groups -OCH3 is 1. The minimum Gasteiger partial charge on any atom is -0.468 e. The van der Waals surface area contributed by atoms with Gasteiger partial charge in [-0.25, -0.2) is 12.8 Å². The van der Waals surface area contributed by atoms with Gasteiger partial charge in [-0.05, 0) is 18.1 Å². The van der Waals surface area contributed by atoms with Gasteiger partial charge < -0.3 is 4.74 Å². The average Bonchev–Trinajstić information content (AvgIpc) is 2.40. The SMILES string of the molecule is COC(=O)C(NS(=O)(=O)c1ccc(Cl)c(F)c1Cl)C(C)C. The number of sulfonamides is 1. The lowest BCUT2D eigenvalue weighted by Gasteiger charge is -2.20. The van der Waals surface area contributed by atoms with Crippen molar-refractivity contribution in [3.63, 3.8) is 0 Å². The molecule has 0 bridgehead atoms. The summed E-state index contributed by atoms with van der Waals surface area (Å²) in [7, 11) is -3.07. The van der Waals surface area contributed by atoms with Gasteiger partial charge in [-0.15, -0.1) is 0 Å². The molecule has 1 aromatic carbocycles. The van der Waals surface area contributed by atoms with E-state index in [1.54, 1.807) is 13.8 Å². The fraction of sp³-hybridized carbons (Fsp3) is 0.417. The maximum Gasteiger partial charge on any atom is 0.324 e. The molecule has 21 heavy (non-hydrogen) atoms. The van der Waals surface area contributed by atoms with Gasteiger partial charge in [0, 0.05) is 0 Å². The van der Waals surface area contributed by atoms with Gasteiger partial charge >= 0.3 is 5.97 Å². The van der Waals surface area contributed by atoms with Crippen LogP contribution >= 0.6 is 23.2 Å². The van der Waals surface area contributed by atoms with E-state index in [9.17, 15) is 17.6 Å². The van der Waals surface area contributed by atoms with Gasteiger partial charge in [-0.1, -0.05) is 37.0 Å². The summed E-state index contributed by atoms with van der Waals surface area (Å²) in [6.07, 6.45) is 0. The highest BCUT2D eigenvalue weighted by molar-refractivity contribution is 7.89. The van der Waals surface area contributed by atoms with Crippen molar-refractivity contribution in [2.75, 3.05) is 7.11 Å². The number of carbonyl (C=O) groups excluding carboxylic acids is 1. The van der Waals surface area contributed by atoms with E-state index >= 15 is 0 Å². The van der Waals surface area contributed by atoms with Crippen LogP contribution in [0.15, 0.2) is 17.0 Å². The molecule has 1 N–H and O–H groups in total. The maximum absolute atomic E-state index is 13.6. The Morgan fingerprint density at radius 2 is 1.90 bits per heavy atom. The van der Waals surface area contributed by atoms with Crippen molar-refractivity contribution < 1.29 is 22.3 Å². The first-order valence-corrected chi connectivity index (χ1v) is 8.09. The first-order chi connectivity index (χ1) is 9.61. The monoisotopic (exact) mass is 357 g/mol. The molecule has 118 valence electrons. The number of hydrogen-bond donors (Lipinski definition) is 1. The third kappa shape index (κ3) is 4.06. The molecule has 1 atom stereocenters. The van der Waals surface area contributed by atoms with Crippen LogP contribution in [0.2, 0.25) is 10.0 Å². The number of carbonyl (C=O) groups is 1. The van der Waals surface area contributed by atoms with Crippen LogP contribution in [0.4, 0.5) is 4.39 Å². The molecule has 0 saturated heterocycles. The second-order valence-corrected chi connectivity index (χ2v) is 7.01. The van der Waals surface area contributed by atoms with Crippen LogP contribution in [0.25, 0.3) is 0 Å². The maximum atomic E-state index is 13.6. The second kappa shape index (κ2) is 6.91. The summed E-state index contributed by atoms with van der Waals surface area (Å²) >= 11 is 11.2. The number of nitrogens with one attached hydrogen (secondary N) is 1. The van der Waals surface area contributed by atoms with E-state index in [-0.39, 0.29) is 10.9 Å². The van der Waals surface area contributed by atoms with Gasteiger partial charge in [-0.2, -0.15) is 4.72 Å². The van der Waals surface area contributed by atoms with E-state index in [0.717, 1.165) is 19.2 Å². The standard InChI is InChI=1S/C12H14Cl2FNO4S/c1-6(2)11(12(17)20-3)16-21(18,19)8-5-4-7(13)10(15)9(8)14/h4-6,11,16H,1-3H3. The molecule has 1 aromatic rings. The number of rotatable bonds is 5. The highest BCUT2D eigenvalue weighted by Crippen LogP contribution is 2.29. The average molecular weight is 358 g/mol. The summed E-state index contributed by atoms with van der Waals surface area (Å²) in [5.41, 5.74) is 0. The Morgan fingerprint density at radius 1 is 1.33 bits per heavy atom. The predicted octanol–water partition coefficient (Wildman–Crippen LogP) is 2.61. The van der Waals surface area contributed by atoms with Crippen molar-refractivity contribution in [1.29, 1.82) is 0 Å². The van der Waals surface area contributed by atoms with Crippen LogP contribution in [0.3, 0.4) is 0 Å². The van der Waals surface area contributed by atoms with Crippen LogP contribution < -0.4 is 4.72 Å². The highest BCUT2D eigenvalue weighted by atomic mass is 35.5. The molecular weight excluding hydrogens is 344 g/mol. The van der Waals surface area contributed by atoms with Crippen molar-refractivity contribution in [3.05, 3.63) is 28.0 Å². The summed E-state index contributed by atoms with van der Waals surface area (Å²) in [5, 5.41) is -0.935. The summed E-state index contributed by atoms with van der Waals surface area (Å²) in [6, 6.07) is 1.01. The molecule has 0 amide bonds. The Morgan fingerprint density at radius 3 is 2.38 bits per heavy atom. The van der Waals surface area contributed by atoms with Crippen LogP contribution in [0.1, 0.15) is 13.8 Å². The third-order valence-corrected chi connectivity index (χ3v) is 4.95. The molecule has 0 aliphatic carbocycles. The van der Waals surface area contributed by atoms with Crippen LogP contribution in [0, 0.1) is 11.7 Å². The molecule has 0 heterocycles. The molecule has 0 spiro atoms. The van der Waals surface area contributed by atoms with E-state index in [4.69, 9.17) is 23.2 Å². The zero-order valence-corrected chi connectivity index (χ0v) is 13.8. The Balaban J connectivity index is 3.23. The zero-order valence-electron chi connectivity index (χ0n) is 11.5. The number of hydrogen-bond acceptors (Lipinski definition) is 4. The molecule has 0 aromatic heterocycles. The molecule has 1 unspecified atom stereocenters. The van der Waals surface area contributed by atoms with E-state index in [1.165, 1.54) is 0 Å². The van der Waals surface area contributed by atoms with E-state index in [0.29, 0.717) is 0 Å². The fourth-order valence-corrected chi connectivity index (χ4v) is 3.61. The molecule has 0 radical (unpaired) electrons. The Labute approximate surface area is 132 Å². The molecule has 5 nitrogen and oxygen atoms in total. The summed E-state index contributed by atoms with van der Waals surface area (Å²) in [4.78, 5) is 11.1. The van der Waals surface area contributed by atoms with Gasteiger partial charge in [0.1, 0.15) is 10.9 Å². The quantitative estimate of drug-likeness (QED) is 0.649. The molecule has 0 saturated carbocycles. The van der Waals surface area contributed by atoms with Gasteiger partial charge in [0.05, 0.1) is 17.2 Å². The normalized spacial score (nSPS) is 13.3. The van der Waals surface area contributed by atoms with Crippen LogP contribution in [-0.4, -0.2) is 27.5 Å². The van der Waals surface area contributed by atoms with Gasteiger partial charge in [-0.3, -0.25) is 4.79 Å². The second-order valence-electron chi connectivity index (χ2n) is 4.54. The number of ether oxygens (including phenoxy) is 1. The van der Waals surface area contributed by atoms with Crippen molar-refractivity contribution in [1.82, 2.24) is 4.72 Å². The lowest BCUT2D eigenvalue weighted by atomic mass is 10.1. The minimum absolute atomic E-state index is 0.299. The highest BCUT2D eigenvalue weighted by Gasteiger charge is 2.31. The Bertz CT molecular complexity index is 649. The smallest absolute Gasteiger partial charge is 0.324 e. The van der Waals surface area contributed by atoms with Gasteiger partial charge in [0.15, 0.2) is 5.82 Å². The Hall–Kier alpha value is -0.890. The molecular formula is C12H14Cl2FNO4S. The number of benzene rings is 1. The molecule has 0 aliphatic heterocycles. The molecule has 9 heteroatoms.